The van der Waals surface area contributed by atoms with Crippen molar-refractivity contribution >= 4 is 0 Å². The van der Waals surface area contributed by atoms with E-state index in [0.717, 1.165) is 25.0 Å². The molecule has 0 saturated heterocycles. The van der Waals surface area contributed by atoms with Crippen LogP contribution < -0.4 is 5.73 Å². The Bertz CT molecular complexity index is 385. The van der Waals surface area contributed by atoms with Crippen LogP contribution in [0.5, 0.6) is 0 Å². The summed E-state index contributed by atoms with van der Waals surface area (Å²) in [5.41, 5.74) is 7.53. The van der Waals surface area contributed by atoms with Gasteiger partial charge in [0, 0.05) is 30.2 Å². The summed E-state index contributed by atoms with van der Waals surface area (Å²) in [6, 6.07) is 2.64. The first kappa shape index (κ1) is 16.2. The Morgan fingerprint density at radius 3 is 2.53 bits per heavy atom. The molecule has 2 N–H and O–H groups in total. The fraction of sp³-hybridized carbons (Fsp3) is 0.800. The SMILES string of the molecule is CCC(C)n1ccc(CC(N)C(C)(CC)N(C)C)n1. The first-order valence-corrected chi connectivity index (χ1v) is 7.32. The molecule has 0 aliphatic rings. The van der Waals surface area contributed by atoms with Crippen LogP contribution >= 0.6 is 0 Å². The molecule has 3 atom stereocenters. The van der Waals surface area contributed by atoms with Crippen molar-refractivity contribution in [2.24, 2.45) is 5.73 Å². The molecule has 0 aliphatic carbocycles. The zero-order chi connectivity index (χ0) is 14.6. The Hall–Kier alpha value is -0.870. The lowest BCUT2D eigenvalue weighted by Gasteiger charge is -2.40. The summed E-state index contributed by atoms with van der Waals surface area (Å²) in [6.07, 6.45) is 5.02. The molecule has 0 bridgehead atoms. The monoisotopic (exact) mass is 266 g/mol. The number of nitrogens with two attached hydrogens (primary N) is 1. The van der Waals surface area contributed by atoms with Crippen molar-refractivity contribution in [1.29, 1.82) is 0 Å². The van der Waals surface area contributed by atoms with Gasteiger partial charge in [-0.25, -0.2) is 0 Å². The Balaban J connectivity index is 2.76. The summed E-state index contributed by atoms with van der Waals surface area (Å²) in [6.45, 7) is 8.78. The zero-order valence-corrected chi connectivity index (χ0v) is 13.3. The molecular weight excluding hydrogens is 236 g/mol. The van der Waals surface area contributed by atoms with E-state index in [0.29, 0.717) is 6.04 Å². The molecule has 1 rings (SSSR count). The second kappa shape index (κ2) is 6.53. The van der Waals surface area contributed by atoms with Crippen LogP contribution in [0.3, 0.4) is 0 Å². The van der Waals surface area contributed by atoms with Crippen LogP contribution in [0, 0.1) is 0 Å². The molecule has 4 heteroatoms. The molecule has 1 aromatic heterocycles. The molecule has 0 aliphatic heterocycles. The van der Waals surface area contributed by atoms with Gasteiger partial charge in [0.2, 0.25) is 0 Å². The van der Waals surface area contributed by atoms with Gasteiger partial charge in [0.25, 0.3) is 0 Å². The van der Waals surface area contributed by atoms with E-state index in [1.54, 1.807) is 0 Å². The highest BCUT2D eigenvalue weighted by Gasteiger charge is 2.32. The maximum atomic E-state index is 6.42. The predicted molar refractivity (Wildman–Crippen MR) is 81.3 cm³/mol. The fourth-order valence-corrected chi connectivity index (χ4v) is 2.27. The van der Waals surface area contributed by atoms with Crippen LogP contribution in [-0.4, -0.2) is 40.4 Å². The Labute approximate surface area is 118 Å². The van der Waals surface area contributed by atoms with Gasteiger partial charge in [-0.15, -0.1) is 0 Å². The summed E-state index contributed by atoms with van der Waals surface area (Å²) < 4.78 is 2.04. The number of hydrogen-bond donors (Lipinski definition) is 1. The van der Waals surface area contributed by atoms with E-state index < -0.39 is 0 Å². The molecule has 110 valence electrons. The van der Waals surface area contributed by atoms with Gasteiger partial charge >= 0.3 is 0 Å². The second-order valence-electron chi connectivity index (χ2n) is 5.96. The van der Waals surface area contributed by atoms with Gasteiger partial charge in [0.1, 0.15) is 0 Å². The summed E-state index contributed by atoms with van der Waals surface area (Å²) in [5.74, 6) is 0. The van der Waals surface area contributed by atoms with Crippen LogP contribution in [0.15, 0.2) is 12.3 Å². The highest BCUT2D eigenvalue weighted by Crippen LogP contribution is 2.22. The quantitative estimate of drug-likeness (QED) is 0.824. The smallest absolute Gasteiger partial charge is 0.0640 e. The molecular formula is C15H30N4. The number of aromatic nitrogens is 2. The molecule has 0 fully saturated rings. The average molecular weight is 266 g/mol. The van der Waals surface area contributed by atoms with Gasteiger partial charge in [-0.1, -0.05) is 13.8 Å². The van der Waals surface area contributed by atoms with Crippen LogP contribution in [-0.2, 0) is 6.42 Å². The molecule has 0 saturated carbocycles. The minimum atomic E-state index is 0.0140. The lowest BCUT2D eigenvalue weighted by atomic mass is 9.86. The minimum Gasteiger partial charge on any atom is -0.326 e. The van der Waals surface area contributed by atoms with Gasteiger partial charge in [-0.3, -0.25) is 4.68 Å². The van der Waals surface area contributed by atoms with Crippen LogP contribution in [0.1, 0.15) is 52.3 Å². The highest BCUT2D eigenvalue weighted by atomic mass is 15.3. The second-order valence-corrected chi connectivity index (χ2v) is 5.96. The largest absolute Gasteiger partial charge is 0.326 e. The molecule has 1 aromatic rings. The minimum absolute atomic E-state index is 0.0140. The lowest BCUT2D eigenvalue weighted by Crippen LogP contribution is -2.55. The van der Waals surface area contributed by atoms with Gasteiger partial charge in [-0.2, -0.15) is 5.10 Å². The summed E-state index contributed by atoms with van der Waals surface area (Å²) in [5, 5.41) is 4.65. The maximum absolute atomic E-state index is 6.42. The maximum Gasteiger partial charge on any atom is 0.0640 e. The third-order valence-corrected chi connectivity index (χ3v) is 4.67. The molecule has 3 unspecified atom stereocenters. The van der Waals surface area contributed by atoms with Crippen LogP contribution in [0.25, 0.3) is 0 Å². The average Bonchev–Trinajstić information content (AvgIpc) is 2.84. The van der Waals surface area contributed by atoms with Crippen LogP contribution in [0.4, 0.5) is 0 Å². The van der Waals surface area contributed by atoms with Gasteiger partial charge < -0.3 is 10.6 Å². The van der Waals surface area contributed by atoms with Crippen molar-refractivity contribution in [1.82, 2.24) is 14.7 Å². The normalized spacial score (nSPS) is 18.3. The van der Waals surface area contributed by atoms with E-state index in [2.05, 4.69) is 64.1 Å². The first-order chi connectivity index (χ1) is 8.85. The fourth-order valence-electron chi connectivity index (χ4n) is 2.27. The van der Waals surface area contributed by atoms with E-state index in [1.165, 1.54) is 0 Å². The summed E-state index contributed by atoms with van der Waals surface area (Å²) >= 11 is 0. The van der Waals surface area contributed by atoms with E-state index >= 15 is 0 Å². The molecule has 0 aromatic carbocycles. The number of rotatable bonds is 7. The van der Waals surface area contributed by atoms with E-state index in [1.807, 2.05) is 4.68 Å². The third-order valence-electron chi connectivity index (χ3n) is 4.67. The molecule has 0 amide bonds. The first-order valence-electron chi connectivity index (χ1n) is 7.32. The predicted octanol–water partition coefficient (Wildman–Crippen LogP) is 2.45. The Morgan fingerprint density at radius 1 is 1.42 bits per heavy atom. The topological polar surface area (TPSA) is 47.1 Å². The van der Waals surface area contributed by atoms with E-state index in [4.69, 9.17) is 5.73 Å². The molecule has 0 radical (unpaired) electrons. The molecule has 0 spiro atoms. The highest BCUT2D eigenvalue weighted by molar-refractivity contribution is 5.06. The third kappa shape index (κ3) is 3.57. The van der Waals surface area contributed by atoms with Gasteiger partial charge in [-0.05, 0) is 46.9 Å². The van der Waals surface area contributed by atoms with Crippen molar-refractivity contribution in [2.45, 2.75) is 64.6 Å². The molecule has 4 nitrogen and oxygen atoms in total. The zero-order valence-electron chi connectivity index (χ0n) is 13.3. The van der Waals surface area contributed by atoms with Crippen molar-refractivity contribution < 1.29 is 0 Å². The van der Waals surface area contributed by atoms with Crippen molar-refractivity contribution in [3.63, 3.8) is 0 Å². The van der Waals surface area contributed by atoms with Crippen molar-refractivity contribution in [3.8, 4) is 0 Å². The lowest BCUT2D eigenvalue weighted by molar-refractivity contribution is 0.131. The standard InChI is InChI=1S/C15H30N4/c1-7-12(3)19-10-9-13(17-19)11-14(16)15(4,8-2)18(5)6/h9-10,12,14H,7-8,11,16H2,1-6H3. The molecule has 1 heterocycles. The molecule has 19 heavy (non-hydrogen) atoms. The summed E-state index contributed by atoms with van der Waals surface area (Å²) in [7, 11) is 4.20. The van der Waals surface area contributed by atoms with Gasteiger partial charge in [0.15, 0.2) is 0 Å². The Morgan fingerprint density at radius 2 is 2.05 bits per heavy atom. The number of hydrogen-bond acceptors (Lipinski definition) is 3. The van der Waals surface area contributed by atoms with Crippen LogP contribution in [0.2, 0.25) is 0 Å². The van der Waals surface area contributed by atoms with Crippen molar-refractivity contribution in [2.75, 3.05) is 14.1 Å². The number of likely N-dealkylation sites (N-methyl/N-ethyl adjacent to an activating group) is 1. The summed E-state index contributed by atoms with van der Waals surface area (Å²) in [4.78, 5) is 2.23. The Kier molecular flexibility index (Phi) is 5.56. The van der Waals surface area contributed by atoms with Gasteiger partial charge in [0.05, 0.1) is 5.69 Å². The van der Waals surface area contributed by atoms with E-state index in [9.17, 15) is 0 Å². The van der Waals surface area contributed by atoms with E-state index in [-0.39, 0.29) is 11.6 Å². The number of nitrogens with zero attached hydrogens (tertiary/aromatic N) is 3. The van der Waals surface area contributed by atoms with Crippen molar-refractivity contribution in [3.05, 3.63) is 18.0 Å².